The third-order valence-electron chi connectivity index (χ3n) is 3.90. The van der Waals surface area contributed by atoms with Gasteiger partial charge < -0.3 is 9.84 Å². The number of amides is 1. The fourth-order valence-electron chi connectivity index (χ4n) is 2.40. The highest BCUT2D eigenvalue weighted by Crippen LogP contribution is 2.29. The molecule has 0 unspecified atom stereocenters. The first-order chi connectivity index (χ1) is 13.7. The second-order valence-electron chi connectivity index (χ2n) is 5.90. The molecular formula is C18H13F3N4O4. The number of alkyl halides is 3. The first-order valence-electron chi connectivity index (χ1n) is 8.27. The molecule has 1 heterocycles. The van der Waals surface area contributed by atoms with Crippen LogP contribution < -0.4 is 5.32 Å². The highest BCUT2D eigenvalue weighted by Gasteiger charge is 2.30. The Morgan fingerprint density at radius 3 is 2.34 bits per heavy atom. The van der Waals surface area contributed by atoms with Gasteiger partial charge in [-0.2, -0.15) is 18.2 Å². The molecule has 2 aromatic carbocycles. The summed E-state index contributed by atoms with van der Waals surface area (Å²) in [7, 11) is 0. The molecule has 0 radical (unpaired) electrons. The lowest BCUT2D eigenvalue weighted by atomic mass is 10.1. The van der Waals surface area contributed by atoms with Crippen molar-refractivity contribution < 1.29 is 27.4 Å². The van der Waals surface area contributed by atoms with Crippen LogP contribution in [0.5, 0.6) is 0 Å². The lowest BCUT2D eigenvalue weighted by Gasteiger charge is -2.07. The van der Waals surface area contributed by atoms with E-state index in [-0.39, 0.29) is 35.9 Å². The molecule has 0 saturated heterocycles. The number of aromatic nitrogens is 2. The SMILES string of the molecule is O=C(NCCc1nc(-c2ccc([N+](=O)[O-])cc2)no1)c1ccc(C(F)(F)F)cc1. The van der Waals surface area contributed by atoms with E-state index in [4.69, 9.17) is 4.52 Å². The number of halogens is 3. The molecule has 0 spiro atoms. The molecule has 0 aliphatic rings. The molecule has 29 heavy (non-hydrogen) atoms. The normalized spacial score (nSPS) is 11.3. The summed E-state index contributed by atoms with van der Waals surface area (Å²) in [6.45, 7) is 0.127. The zero-order valence-corrected chi connectivity index (χ0v) is 14.6. The summed E-state index contributed by atoms with van der Waals surface area (Å²) < 4.78 is 42.7. The minimum Gasteiger partial charge on any atom is -0.352 e. The van der Waals surface area contributed by atoms with Crippen molar-refractivity contribution in [1.29, 1.82) is 0 Å². The van der Waals surface area contributed by atoms with Crippen molar-refractivity contribution >= 4 is 11.6 Å². The molecule has 1 aromatic heterocycles. The highest BCUT2D eigenvalue weighted by molar-refractivity contribution is 5.94. The third-order valence-corrected chi connectivity index (χ3v) is 3.90. The summed E-state index contributed by atoms with van der Waals surface area (Å²) in [5, 5.41) is 17.0. The Bertz CT molecular complexity index is 1010. The minimum atomic E-state index is -4.46. The molecule has 0 atom stereocenters. The summed E-state index contributed by atoms with van der Waals surface area (Å²) in [5.74, 6) is -0.0659. The molecule has 3 aromatic rings. The number of hydrogen-bond donors (Lipinski definition) is 1. The number of hydrogen-bond acceptors (Lipinski definition) is 6. The van der Waals surface area contributed by atoms with Crippen molar-refractivity contribution in [1.82, 2.24) is 15.5 Å². The highest BCUT2D eigenvalue weighted by atomic mass is 19.4. The summed E-state index contributed by atoms with van der Waals surface area (Å²) in [4.78, 5) is 26.3. The Balaban J connectivity index is 1.54. The molecule has 1 amide bonds. The second kappa shape index (κ2) is 8.09. The average molecular weight is 406 g/mol. The summed E-state index contributed by atoms with van der Waals surface area (Å²) in [6.07, 6.45) is -4.26. The Morgan fingerprint density at radius 1 is 1.10 bits per heavy atom. The van der Waals surface area contributed by atoms with Crippen LogP contribution in [0.4, 0.5) is 18.9 Å². The van der Waals surface area contributed by atoms with Crippen LogP contribution in [0.3, 0.4) is 0 Å². The molecule has 1 N–H and O–H groups in total. The van der Waals surface area contributed by atoms with Crippen LogP contribution >= 0.6 is 0 Å². The van der Waals surface area contributed by atoms with Gasteiger partial charge in [-0.3, -0.25) is 14.9 Å². The number of rotatable bonds is 6. The number of nitrogens with zero attached hydrogens (tertiary/aromatic N) is 3. The second-order valence-corrected chi connectivity index (χ2v) is 5.90. The van der Waals surface area contributed by atoms with Crippen molar-refractivity contribution in [2.45, 2.75) is 12.6 Å². The minimum absolute atomic E-state index is 0.0663. The molecule has 0 saturated carbocycles. The van der Waals surface area contributed by atoms with Crippen LogP contribution in [0.1, 0.15) is 21.8 Å². The fourth-order valence-corrected chi connectivity index (χ4v) is 2.40. The molecule has 0 fully saturated rings. The van der Waals surface area contributed by atoms with Gasteiger partial charge in [0.05, 0.1) is 10.5 Å². The van der Waals surface area contributed by atoms with Crippen LogP contribution in [0.2, 0.25) is 0 Å². The quantitative estimate of drug-likeness (QED) is 0.494. The van der Waals surface area contributed by atoms with Crippen LogP contribution in [0.25, 0.3) is 11.4 Å². The topological polar surface area (TPSA) is 111 Å². The number of nitrogens with one attached hydrogen (secondary N) is 1. The van der Waals surface area contributed by atoms with Crippen molar-refractivity contribution in [3.8, 4) is 11.4 Å². The number of nitro groups is 1. The maximum absolute atomic E-state index is 12.5. The largest absolute Gasteiger partial charge is 0.416 e. The molecule has 3 rings (SSSR count). The molecule has 8 nitrogen and oxygen atoms in total. The smallest absolute Gasteiger partial charge is 0.352 e. The summed E-state index contributed by atoms with van der Waals surface area (Å²) in [6, 6.07) is 9.46. The fraction of sp³-hybridized carbons (Fsp3) is 0.167. The van der Waals surface area contributed by atoms with Gasteiger partial charge in [-0.05, 0) is 36.4 Å². The third kappa shape index (κ3) is 4.94. The first-order valence-corrected chi connectivity index (χ1v) is 8.27. The van der Waals surface area contributed by atoms with Gasteiger partial charge in [0, 0.05) is 36.2 Å². The van der Waals surface area contributed by atoms with Gasteiger partial charge in [-0.25, -0.2) is 0 Å². The summed E-state index contributed by atoms with van der Waals surface area (Å²) in [5.41, 5.74) is -0.281. The number of non-ortho nitro benzene ring substituents is 1. The molecule has 0 aliphatic heterocycles. The van der Waals surface area contributed by atoms with Gasteiger partial charge >= 0.3 is 6.18 Å². The number of carbonyl (C=O) groups is 1. The van der Waals surface area contributed by atoms with Crippen LogP contribution in [0.15, 0.2) is 53.1 Å². The lowest BCUT2D eigenvalue weighted by Crippen LogP contribution is -2.25. The van der Waals surface area contributed by atoms with Gasteiger partial charge in [0.15, 0.2) is 0 Å². The summed E-state index contributed by atoms with van der Waals surface area (Å²) >= 11 is 0. The van der Waals surface area contributed by atoms with Crippen molar-refractivity contribution in [3.05, 3.63) is 75.7 Å². The molecular weight excluding hydrogens is 393 g/mol. The van der Waals surface area contributed by atoms with E-state index in [1.807, 2.05) is 0 Å². The Kier molecular flexibility index (Phi) is 5.57. The van der Waals surface area contributed by atoms with E-state index in [9.17, 15) is 28.1 Å². The Morgan fingerprint density at radius 2 is 1.76 bits per heavy atom. The van der Waals surface area contributed by atoms with Gasteiger partial charge in [-0.1, -0.05) is 5.16 Å². The van der Waals surface area contributed by atoms with E-state index in [0.717, 1.165) is 24.3 Å². The Hall–Kier alpha value is -3.76. The molecule has 150 valence electrons. The standard InChI is InChI=1S/C18H13F3N4O4/c19-18(20,21)13-5-1-12(2-6-13)17(26)22-10-9-15-23-16(24-29-15)11-3-7-14(8-4-11)25(27)28/h1-8H,9-10H2,(H,22,26). The van der Waals surface area contributed by atoms with Crippen molar-refractivity contribution in [2.75, 3.05) is 6.54 Å². The van der Waals surface area contributed by atoms with Crippen LogP contribution in [0, 0.1) is 10.1 Å². The van der Waals surface area contributed by atoms with E-state index < -0.39 is 22.6 Å². The van der Waals surface area contributed by atoms with Crippen molar-refractivity contribution in [2.24, 2.45) is 0 Å². The van der Waals surface area contributed by atoms with E-state index in [2.05, 4.69) is 15.5 Å². The van der Waals surface area contributed by atoms with E-state index in [1.165, 1.54) is 24.3 Å². The number of nitro benzene ring substituents is 1. The predicted molar refractivity (Wildman–Crippen MR) is 93.9 cm³/mol. The maximum atomic E-state index is 12.5. The lowest BCUT2D eigenvalue weighted by molar-refractivity contribution is -0.384. The van der Waals surface area contributed by atoms with Gasteiger partial charge in [-0.15, -0.1) is 0 Å². The Labute approximate surface area is 161 Å². The predicted octanol–water partition coefficient (Wildman–Crippen LogP) is 3.64. The average Bonchev–Trinajstić information content (AvgIpc) is 3.16. The maximum Gasteiger partial charge on any atom is 0.416 e. The van der Waals surface area contributed by atoms with E-state index in [1.54, 1.807) is 0 Å². The zero-order chi connectivity index (χ0) is 21.0. The van der Waals surface area contributed by atoms with Gasteiger partial charge in [0.1, 0.15) is 0 Å². The van der Waals surface area contributed by atoms with Crippen LogP contribution in [-0.4, -0.2) is 27.5 Å². The zero-order valence-electron chi connectivity index (χ0n) is 14.6. The van der Waals surface area contributed by atoms with Crippen LogP contribution in [-0.2, 0) is 12.6 Å². The number of carbonyl (C=O) groups excluding carboxylic acids is 1. The van der Waals surface area contributed by atoms with Gasteiger partial charge in [0.2, 0.25) is 11.7 Å². The van der Waals surface area contributed by atoms with E-state index >= 15 is 0 Å². The van der Waals surface area contributed by atoms with Crippen molar-refractivity contribution in [3.63, 3.8) is 0 Å². The van der Waals surface area contributed by atoms with E-state index in [0.29, 0.717) is 5.56 Å². The number of benzene rings is 2. The first kappa shape index (κ1) is 20.0. The monoisotopic (exact) mass is 406 g/mol. The molecule has 0 aliphatic carbocycles. The van der Waals surface area contributed by atoms with Gasteiger partial charge in [0.25, 0.3) is 11.6 Å². The molecule has 0 bridgehead atoms. The molecule has 11 heteroatoms.